The van der Waals surface area contributed by atoms with Crippen LogP contribution in [0.5, 0.6) is 0 Å². The molecule has 0 aliphatic rings. The molecule has 0 radical (unpaired) electrons. The molecule has 0 unspecified atom stereocenters. The van der Waals surface area contributed by atoms with Gasteiger partial charge < -0.3 is 10.2 Å². The molecule has 0 spiro atoms. The summed E-state index contributed by atoms with van der Waals surface area (Å²) in [4.78, 5) is 6.78. The van der Waals surface area contributed by atoms with Crippen molar-refractivity contribution in [3.8, 4) is 0 Å². The van der Waals surface area contributed by atoms with Gasteiger partial charge in [-0.05, 0) is 36.6 Å². The van der Waals surface area contributed by atoms with Crippen LogP contribution in [0.15, 0.2) is 60.8 Å². The maximum atomic E-state index is 5.91. The van der Waals surface area contributed by atoms with E-state index in [1.807, 2.05) is 42.5 Å². The molecule has 3 rings (SSSR count). The van der Waals surface area contributed by atoms with Gasteiger partial charge in [-0.15, -0.1) is 5.10 Å². The number of halogens is 1. The van der Waals surface area contributed by atoms with Crippen LogP contribution in [0.3, 0.4) is 0 Å². The number of nitrogens with zero attached hydrogens (tertiary/aromatic N) is 4. The van der Waals surface area contributed by atoms with Crippen LogP contribution in [0.25, 0.3) is 0 Å². The average Bonchev–Trinajstić information content (AvgIpc) is 2.69. The van der Waals surface area contributed by atoms with E-state index in [4.69, 9.17) is 11.6 Å². The van der Waals surface area contributed by atoms with Crippen molar-refractivity contribution < 1.29 is 0 Å². The third-order valence-electron chi connectivity index (χ3n) is 4.08. The van der Waals surface area contributed by atoms with Gasteiger partial charge in [0.05, 0.1) is 6.20 Å². The third-order valence-corrected chi connectivity index (χ3v) is 4.33. The molecule has 6 heteroatoms. The van der Waals surface area contributed by atoms with Gasteiger partial charge in [0.1, 0.15) is 0 Å². The van der Waals surface area contributed by atoms with Crippen molar-refractivity contribution in [2.75, 3.05) is 23.3 Å². The SMILES string of the molecule is CCN(Cc1ccccc1)c1cnnc(NCCc2ccc(Cl)cc2)n1. The van der Waals surface area contributed by atoms with Crippen LogP contribution in [0.4, 0.5) is 11.8 Å². The fourth-order valence-electron chi connectivity index (χ4n) is 2.65. The summed E-state index contributed by atoms with van der Waals surface area (Å²) in [6, 6.07) is 18.2. The Bertz CT molecular complexity index is 808. The first-order chi connectivity index (χ1) is 12.7. The number of rotatable bonds is 8. The van der Waals surface area contributed by atoms with Gasteiger partial charge >= 0.3 is 0 Å². The number of aromatic nitrogens is 3. The summed E-state index contributed by atoms with van der Waals surface area (Å²) in [6.45, 7) is 4.48. The third kappa shape index (κ3) is 5.17. The van der Waals surface area contributed by atoms with E-state index in [0.29, 0.717) is 5.95 Å². The smallest absolute Gasteiger partial charge is 0.244 e. The molecule has 26 heavy (non-hydrogen) atoms. The maximum Gasteiger partial charge on any atom is 0.244 e. The van der Waals surface area contributed by atoms with E-state index < -0.39 is 0 Å². The van der Waals surface area contributed by atoms with Crippen LogP contribution in [0, 0.1) is 0 Å². The van der Waals surface area contributed by atoms with Crippen LogP contribution in [0.1, 0.15) is 18.1 Å². The molecular formula is C20H22ClN5. The Labute approximate surface area is 159 Å². The van der Waals surface area contributed by atoms with Crippen LogP contribution < -0.4 is 10.2 Å². The summed E-state index contributed by atoms with van der Waals surface area (Å²) in [7, 11) is 0. The Morgan fingerprint density at radius 3 is 2.50 bits per heavy atom. The van der Waals surface area contributed by atoms with E-state index in [0.717, 1.165) is 36.9 Å². The largest absolute Gasteiger partial charge is 0.353 e. The topological polar surface area (TPSA) is 53.9 Å². The zero-order valence-electron chi connectivity index (χ0n) is 14.8. The molecule has 1 N–H and O–H groups in total. The van der Waals surface area contributed by atoms with Crippen LogP contribution >= 0.6 is 11.6 Å². The Balaban J connectivity index is 1.60. The second-order valence-electron chi connectivity index (χ2n) is 5.94. The van der Waals surface area contributed by atoms with Crippen molar-refractivity contribution in [2.45, 2.75) is 19.9 Å². The van der Waals surface area contributed by atoms with E-state index in [9.17, 15) is 0 Å². The van der Waals surface area contributed by atoms with Crippen LogP contribution in [-0.2, 0) is 13.0 Å². The molecule has 0 saturated carbocycles. The van der Waals surface area contributed by atoms with Crippen molar-refractivity contribution in [1.82, 2.24) is 15.2 Å². The van der Waals surface area contributed by atoms with Gasteiger partial charge in [0, 0.05) is 24.7 Å². The predicted octanol–water partition coefficient (Wildman–Crippen LogP) is 4.21. The lowest BCUT2D eigenvalue weighted by molar-refractivity contribution is 0.795. The minimum atomic E-state index is 0.544. The normalized spacial score (nSPS) is 10.5. The molecule has 0 aliphatic carbocycles. The summed E-state index contributed by atoms with van der Waals surface area (Å²) in [5.41, 5.74) is 2.45. The molecule has 1 aromatic heterocycles. The second kappa shape index (κ2) is 9.15. The maximum absolute atomic E-state index is 5.91. The molecule has 0 aliphatic heterocycles. The Kier molecular flexibility index (Phi) is 6.39. The molecule has 0 amide bonds. The summed E-state index contributed by atoms with van der Waals surface area (Å²) in [5, 5.41) is 12.2. The summed E-state index contributed by atoms with van der Waals surface area (Å²) in [5.74, 6) is 1.36. The molecular weight excluding hydrogens is 346 g/mol. The highest BCUT2D eigenvalue weighted by atomic mass is 35.5. The highest BCUT2D eigenvalue weighted by Crippen LogP contribution is 2.15. The fourth-order valence-corrected chi connectivity index (χ4v) is 2.78. The Hall–Kier alpha value is -2.66. The summed E-state index contributed by atoms with van der Waals surface area (Å²) >= 11 is 5.91. The quantitative estimate of drug-likeness (QED) is 0.646. The molecule has 0 bridgehead atoms. The first-order valence-corrected chi connectivity index (χ1v) is 9.09. The Morgan fingerprint density at radius 2 is 1.77 bits per heavy atom. The van der Waals surface area contributed by atoms with Gasteiger partial charge in [-0.25, -0.2) is 0 Å². The number of hydrogen-bond donors (Lipinski definition) is 1. The molecule has 134 valence electrons. The van der Waals surface area contributed by atoms with Gasteiger partial charge in [-0.2, -0.15) is 10.1 Å². The number of hydrogen-bond acceptors (Lipinski definition) is 5. The molecule has 0 saturated heterocycles. The lowest BCUT2D eigenvalue weighted by Gasteiger charge is -2.21. The molecule has 0 atom stereocenters. The van der Waals surface area contributed by atoms with E-state index in [1.165, 1.54) is 11.1 Å². The van der Waals surface area contributed by atoms with Crippen molar-refractivity contribution >= 4 is 23.4 Å². The van der Waals surface area contributed by atoms with Gasteiger partial charge in [0.15, 0.2) is 5.82 Å². The molecule has 1 heterocycles. The van der Waals surface area contributed by atoms with Crippen LogP contribution in [-0.4, -0.2) is 28.3 Å². The van der Waals surface area contributed by atoms with Crippen LogP contribution in [0.2, 0.25) is 5.02 Å². The van der Waals surface area contributed by atoms with E-state index in [-0.39, 0.29) is 0 Å². The van der Waals surface area contributed by atoms with Crippen molar-refractivity contribution in [3.05, 3.63) is 76.9 Å². The van der Waals surface area contributed by atoms with E-state index >= 15 is 0 Å². The lowest BCUT2D eigenvalue weighted by Crippen LogP contribution is -2.24. The average molecular weight is 368 g/mol. The summed E-state index contributed by atoms with van der Waals surface area (Å²) in [6.07, 6.45) is 2.57. The number of benzene rings is 2. The van der Waals surface area contributed by atoms with Gasteiger partial charge in [0.2, 0.25) is 5.95 Å². The Morgan fingerprint density at radius 1 is 1.00 bits per heavy atom. The van der Waals surface area contributed by atoms with Crippen molar-refractivity contribution in [3.63, 3.8) is 0 Å². The van der Waals surface area contributed by atoms with Gasteiger partial charge in [-0.1, -0.05) is 54.1 Å². The van der Waals surface area contributed by atoms with Crippen molar-refractivity contribution in [1.29, 1.82) is 0 Å². The zero-order valence-corrected chi connectivity index (χ0v) is 15.5. The first-order valence-electron chi connectivity index (χ1n) is 8.71. The molecule has 5 nitrogen and oxygen atoms in total. The van der Waals surface area contributed by atoms with E-state index in [2.05, 4.69) is 44.5 Å². The molecule has 0 fully saturated rings. The first kappa shape index (κ1) is 18.1. The minimum absolute atomic E-state index is 0.544. The highest BCUT2D eigenvalue weighted by Gasteiger charge is 2.09. The molecule has 2 aromatic carbocycles. The highest BCUT2D eigenvalue weighted by molar-refractivity contribution is 6.30. The molecule has 3 aromatic rings. The van der Waals surface area contributed by atoms with Gasteiger partial charge in [0.25, 0.3) is 0 Å². The summed E-state index contributed by atoms with van der Waals surface area (Å²) < 4.78 is 0. The minimum Gasteiger partial charge on any atom is -0.353 e. The second-order valence-corrected chi connectivity index (χ2v) is 6.38. The zero-order chi connectivity index (χ0) is 18.2. The number of nitrogens with one attached hydrogen (secondary N) is 1. The number of anilines is 2. The standard InChI is InChI=1S/C20H22ClN5/c1-2-26(15-17-6-4-3-5-7-17)19-14-23-25-20(24-19)22-13-12-16-8-10-18(21)11-9-16/h3-11,14H,2,12-13,15H2,1H3,(H,22,24,25). The van der Waals surface area contributed by atoms with Gasteiger partial charge in [-0.3, -0.25) is 0 Å². The van der Waals surface area contributed by atoms with Crippen molar-refractivity contribution in [2.24, 2.45) is 0 Å². The van der Waals surface area contributed by atoms with E-state index in [1.54, 1.807) is 6.20 Å². The predicted molar refractivity (Wildman–Crippen MR) is 107 cm³/mol. The fraction of sp³-hybridized carbons (Fsp3) is 0.250. The lowest BCUT2D eigenvalue weighted by atomic mass is 10.1. The monoisotopic (exact) mass is 367 g/mol.